The Hall–Kier alpha value is -1.59. The molecule has 1 aromatic carbocycles. The van der Waals surface area contributed by atoms with Crippen LogP contribution in [0.2, 0.25) is 0 Å². The Balaban J connectivity index is 1.64. The van der Waals surface area contributed by atoms with Gasteiger partial charge in [0.15, 0.2) is 0 Å². The summed E-state index contributed by atoms with van der Waals surface area (Å²) in [6.07, 6.45) is 4.31. The molecule has 0 radical (unpaired) electrons. The second-order valence-corrected chi connectivity index (χ2v) is 6.65. The number of aryl methyl sites for hydroxylation is 1. The number of rotatable bonds is 4. The number of aromatic nitrogens is 1. The number of carbonyl (C=O) groups is 1. The number of anilines is 1. The van der Waals surface area contributed by atoms with Crippen LogP contribution in [0.1, 0.15) is 24.6 Å². The SMILES string of the molecule is Cn1cccc1[C@@H]1CCCN1CC(=O)Nc1cccc(Br)c1. The van der Waals surface area contributed by atoms with Crippen LogP contribution in [0.3, 0.4) is 0 Å². The zero-order valence-corrected chi connectivity index (χ0v) is 14.2. The number of likely N-dealkylation sites (tertiary alicyclic amines) is 1. The van der Waals surface area contributed by atoms with Crippen molar-refractivity contribution in [2.45, 2.75) is 18.9 Å². The van der Waals surface area contributed by atoms with Gasteiger partial charge in [0.05, 0.1) is 12.6 Å². The summed E-state index contributed by atoms with van der Waals surface area (Å²) in [6.45, 7) is 1.41. The van der Waals surface area contributed by atoms with Crippen LogP contribution in [0.25, 0.3) is 0 Å². The number of hydrogen-bond acceptors (Lipinski definition) is 2. The molecular weight excluding hydrogens is 342 g/mol. The monoisotopic (exact) mass is 361 g/mol. The number of halogens is 1. The van der Waals surface area contributed by atoms with Crippen LogP contribution in [0.15, 0.2) is 47.1 Å². The lowest BCUT2D eigenvalue weighted by Crippen LogP contribution is -2.33. The van der Waals surface area contributed by atoms with Gasteiger partial charge in [-0.2, -0.15) is 0 Å². The van der Waals surface area contributed by atoms with Crippen molar-refractivity contribution in [2.24, 2.45) is 7.05 Å². The van der Waals surface area contributed by atoms with E-state index in [1.165, 1.54) is 5.69 Å². The van der Waals surface area contributed by atoms with Crippen molar-refractivity contribution >= 4 is 27.5 Å². The van der Waals surface area contributed by atoms with Gasteiger partial charge in [-0.15, -0.1) is 0 Å². The molecule has 4 nitrogen and oxygen atoms in total. The van der Waals surface area contributed by atoms with Gasteiger partial charge in [-0.05, 0) is 49.7 Å². The first-order valence-corrected chi connectivity index (χ1v) is 8.33. The lowest BCUT2D eigenvalue weighted by Gasteiger charge is -2.24. The molecule has 1 aromatic heterocycles. The Bertz CT molecular complexity index is 667. The summed E-state index contributed by atoms with van der Waals surface area (Å²) in [5, 5.41) is 2.97. The highest BCUT2D eigenvalue weighted by Crippen LogP contribution is 2.31. The normalized spacial score (nSPS) is 18.5. The molecule has 3 rings (SSSR count). The fourth-order valence-corrected chi connectivity index (χ4v) is 3.52. The summed E-state index contributed by atoms with van der Waals surface area (Å²) in [4.78, 5) is 14.6. The minimum atomic E-state index is 0.0409. The van der Waals surface area contributed by atoms with Crippen molar-refractivity contribution in [3.8, 4) is 0 Å². The molecule has 0 saturated carbocycles. The summed E-state index contributed by atoms with van der Waals surface area (Å²) in [5.74, 6) is 0.0409. The van der Waals surface area contributed by atoms with Crippen LogP contribution in [0.5, 0.6) is 0 Å². The van der Waals surface area contributed by atoms with Crippen molar-refractivity contribution in [1.82, 2.24) is 9.47 Å². The van der Waals surface area contributed by atoms with Crippen LogP contribution >= 0.6 is 15.9 Å². The van der Waals surface area contributed by atoms with Gasteiger partial charge in [-0.3, -0.25) is 9.69 Å². The maximum atomic E-state index is 12.3. The highest BCUT2D eigenvalue weighted by atomic mass is 79.9. The number of nitrogens with one attached hydrogen (secondary N) is 1. The first-order chi connectivity index (χ1) is 10.6. The van der Waals surface area contributed by atoms with E-state index in [0.717, 1.165) is 29.5 Å². The van der Waals surface area contributed by atoms with E-state index in [2.05, 4.69) is 56.1 Å². The van der Waals surface area contributed by atoms with E-state index in [1.54, 1.807) is 0 Å². The Labute approximate surface area is 139 Å². The summed E-state index contributed by atoms with van der Waals surface area (Å²) in [7, 11) is 2.06. The third kappa shape index (κ3) is 3.42. The maximum absolute atomic E-state index is 12.3. The third-order valence-electron chi connectivity index (χ3n) is 4.14. The van der Waals surface area contributed by atoms with Crippen molar-refractivity contribution in [3.05, 3.63) is 52.8 Å². The molecule has 1 saturated heterocycles. The van der Waals surface area contributed by atoms with Crippen LogP contribution in [0, 0.1) is 0 Å². The molecule has 1 aliphatic heterocycles. The largest absolute Gasteiger partial charge is 0.353 e. The summed E-state index contributed by atoms with van der Waals surface area (Å²) in [5.41, 5.74) is 2.11. The molecule has 1 aliphatic rings. The van der Waals surface area contributed by atoms with Crippen molar-refractivity contribution in [3.63, 3.8) is 0 Å². The van der Waals surface area contributed by atoms with Crippen molar-refractivity contribution < 1.29 is 4.79 Å². The fourth-order valence-electron chi connectivity index (χ4n) is 3.12. The van der Waals surface area contributed by atoms with E-state index in [-0.39, 0.29) is 5.91 Å². The maximum Gasteiger partial charge on any atom is 0.238 e. The zero-order valence-electron chi connectivity index (χ0n) is 12.6. The molecule has 2 heterocycles. The number of carbonyl (C=O) groups excluding carboxylic acids is 1. The van der Waals surface area contributed by atoms with Gasteiger partial charge in [-0.25, -0.2) is 0 Å². The Kier molecular flexibility index (Phi) is 4.64. The van der Waals surface area contributed by atoms with E-state index in [9.17, 15) is 4.79 Å². The molecule has 0 spiro atoms. The average Bonchev–Trinajstić information content (AvgIpc) is 3.07. The first kappa shape index (κ1) is 15.3. The molecular formula is C17H20BrN3O. The van der Waals surface area contributed by atoms with Gasteiger partial charge in [0.1, 0.15) is 0 Å². The van der Waals surface area contributed by atoms with Gasteiger partial charge in [0.2, 0.25) is 5.91 Å². The van der Waals surface area contributed by atoms with E-state index in [4.69, 9.17) is 0 Å². The van der Waals surface area contributed by atoms with Crippen molar-refractivity contribution in [1.29, 1.82) is 0 Å². The second kappa shape index (κ2) is 6.67. The van der Waals surface area contributed by atoms with Gasteiger partial charge >= 0.3 is 0 Å². The molecule has 1 amide bonds. The average molecular weight is 362 g/mol. The van der Waals surface area contributed by atoms with Crippen LogP contribution in [-0.2, 0) is 11.8 Å². The van der Waals surface area contributed by atoms with Crippen molar-refractivity contribution in [2.75, 3.05) is 18.4 Å². The van der Waals surface area contributed by atoms with E-state index >= 15 is 0 Å². The molecule has 5 heteroatoms. The molecule has 1 N–H and O–H groups in total. The van der Waals surface area contributed by atoms with E-state index < -0.39 is 0 Å². The lowest BCUT2D eigenvalue weighted by molar-refractivity contribution is -0.117. The van der Waals surface area contributed by atoms with Gasteiger partial charge < -0.3 is 9.88 Å². The Morgan fingerprint density at radius 1 is 1.36 bits per heavy atom. The summed E-state index contributed by atoms with van der Waals surface area (Å²) < 4.78 is 3.11. The minimum absolute atomic E-state index is 0.0409. The summed E-state index contributed by atoms with van der Waals surface area (Å²) in [6, 6.07) is 12.2. The number of hydrogen-bond donors (Lipinski definition) is 1. The smallest absolute Gasteiger partial charge is 0.238 e. The molecule has 0 bridgehead atoms. The molecule has 22 heavy (non-hydrogen) atoms. The highest BCUT2D eigenvalue weighted by Gasteiger charge is 2.28. The standard InChI is InChI=1S/C17H20BrN3O/c1-20-9-3-7-15(20)16-8-4-10-21(16)12-17(22)19-14-6-2-5-13(18)11-14/h2-3,5-7,9,11,16H,4,8,10,12H2,1H3,(H,19,22)/t16-/m0/s1. The summed E-state index contributed by atoms with van der Waals surface area (Å²) >= 11 is 3.42. The lowest BCUT2D eigenvalue weighted by atomic mass is 10.1. The first-order valence-electron chi connectivity index (χ1n) is 7.54. The molecule has 1 atom stereocenters. The van der Waals surface area contributed by atoms with Crippen LogP contribution in [0.4, 0.5) is 5.69 Å². The predicted molar refractivity (Wildman–Crippen MR) is 91.7 cm³/mol. The molecule has 0 aliphatic carbocycles. The third-order valence-corrected chi connectivity index (χ3v) is 4.64. The van der Waals surface area contributed by atoms with E-state index in [1.807, 2.05) is 24.3 Å². The zero-order chi connectivity index (χ0) is 15.5. The molecule has 0 unspecified atom stereocenters. The molecule has 1 fully saturated rings. The molecule has 2 aromatic rings. The number of amides is 1. The Morgan fingerprint density at radius 2 is 2.23 bits per heavy atom. The highest BCUT2D eigenvalue weighted by molar-refractivity contribution is 9.10. The van der Waals surface area contributed by atoms with Gasteiger partial charge in [-0.1, -0.05) is 22.0 Å². The van der Waals surface area contributed by atoms with E-state index in [0.29, 0.717) is 12.6 Å². The minimum Gasteiger partial charge on any atom is -0.353 e. The predicted octanol–water partition coefficient (Wildman–Crippen LogP) is 3.56. The van der Waals surface area contributed by atoms with Gasteiger partial charge in [0.25, 0.3) is 0 Å². The molecule has 116 valence electrons. The fraction of sp³-hybridized carbons (Fsp3) is 0.353. The quantitative estimate of drug-likeness (QED) is 0.903. The topological polar surface area (TPSA) is 37.3 Å². The second-order valence-electron chi connectivity index (χ2n) is 5.73. The number of nitrogens with zero attached hydrogens (tertiary/aromatic N) is 2. The van der Waals surface area contributed by atoms with Crippen LogP contribution in [-0.4, -0.2) is 28.5 Å². The number of benzene rings is 1. The van der Waals surface area contributed by atoms with Gasteiger partial charge in [0, 0.05) is 29.1 Å². The Morgan fingerprint density at radius 3 is 2.95 bits per heavy atom. The van der Waals surface area contributed by atoms with Crippen LogP contribution < -0.4 is 5.32 Å².